The van der Waals surface area contributed by atoms with Gasteiger partial charge in [0, 0.05) is 6.54 Å². The van der Waals surface area contributed by atoms with Gasteiger partial charge >= 0.3 is 0 Å². The number of hydrogen-bond acceptors (Lipinski definition) is 4. The Balaban J connectivity index is 2.62. The molecule has 0 atom stereocenters. The van der Waals surface area contributed by atoms with Crippen LogP contribution in [0, 0.1) is 0 Å². The molecule has 0 fully saturated rings. The van der Waals surface area contributed by atoms with E-state index in [1.807, 2.05) is 12.2 Å². The molecule has 2 aromatic heterocycles. The second-order valence-electron chi connectivity index (χ2n) is 3.04. The van der Waals surface area contributed by atoms with Gasteiger partial charge < -0.3 is 0 Å². The van der Waals surface area contributed by atoms with Crippen LogP contribution in [0.15, 0.2) is 23.4 Å². The van der Waals surface area contributed by atoms with Crippen LogP contribution in [0.25, 0.3) is 17.2 Å². The highest BCUT2D eigenvalue weighted by atomic mass is 16.1. The first-order valence-corrected chi connectivity index (χ1v) is 4.23. The Morgan fingerprint density at radius 3 is 3.14 bits per heavy atom. The van der Waals surface area contributed by atoms with E-state index in [4.69, 9.17) is 0 Å². The molecule has 5 nitrogen and oxygen atoms in total. The third-order valence-corrected chi connectivity index (χ3v) is 2.23. The van der Waals surface area contributed by atoms with Gasteiger partial charge in [-0.2, -0.15) is 0 Å². The van der Waals surface area contributed by atoms with Crippen molar-refractivity contribution in [3.05, 3.63) is 34.6 Å². The second-order valence-corrected chi connectivity index (χ2v) is 3.04. The van der Waals surface area contributed by atoms with Crippen molar-refractivity contribution in [2.75, 3.05) is 0 Å². The van der Waals surface area contributed by atoms with Crippen molar-refractivity contribution >= 4 is 17.2 Å². The van der Waals surface area contributed by atoms with Gasteiger partial charge in [0.15, 0.2) is 5.65 Å². The Morgan fingerprint density at radius 1 is 1.29 bits per heavy atom. The third kappa shape index (κ3) is 0.834. The lowest BCUT2D eigenvalue weighted by Crippen LogP contribution is -2.22. The quantitative estimate of drug-likeness (QED) is 0.590. The summed E-state index contributed by atoms with van der Waals surface area (Å²) in [4.78, 5) is 23.5. The van der Waals surface area contributed by atoms with Crippen LogP contribution in [0.4, 0.5) is 0 Å². The van der Waals surface area contributed by atoms with Crippen LogP contribution in [-0.2, 0) is 6.54 Å². The molecule has 14 heavy (non-hydrogen) atoms. The van der Waals surface area contributed by atoms with Crippen LogP contribution in [0.1, 0.15) is 5.69 Å². The maximum absolute atomic E-state index is 11.5. The highest BCUT2D eigenvalue weighted by molar-refractivity contribution is 5.80. The monoisotopic (exact) mass is 186 g/mol. The van der Waals surface area contributed by atoms with Crippen molar-refractivity contribution in [2.45, 2.75) is 6.54 Å². The molecule has 0 saturated heterocycles. The van der Waals surface area contributed by atoms with E-state index in [1.54, 1.807) is 4.57 Å². The van der Waals surface area contributed by atoms with E-state index >= 15 is 0 Å². The molecular formula is C9H6N4O. The van der Waals surface area contributed by atoms with Gasteiger partial charge in [-0.1, -0.05) is 6.08 Å². The number of rotatable bonds is 0. The molecule has 1 aliphatic rings. The summed E-state index contributed by atoms with van der Waals surface area (Å²) in [5.74, 6) is 0. The SMILES string of the molecule is O=c1cnc2ncnc3c2n1CC=C3. The fraction of sp³-hybridized carbons (Fsp3) is 0.111. The molecule has 1 aliphatic heterocycles. The van der Waals surface area contributed by atoms with Gasteiger partial charge in [-0.15, -0.1) is 0 Å². The lowest BCUT2D eigenvalue weighted by Gasteiger charge is -2.11. The van der Waals surface area contributed by atoms with E-state index in [-0.39, 0.29) is 5.56 Å². The lowest BCUT2D eigenvalue weighted by molar-refractivity contribution is 0.794. The van der Waals surface area contributed by atoms with Gasteiger partial charge in [0.05, 0.1) is 11.9 Å². The zero-order valence-corrected chi connectivity index (χ0v) is 7.21. The first kappa shape index (κ1) is 7.37. The average Bonchev–Trinajstić information content (AvgIpc) is 2.24. The van der Waals surface area contributed by atoms with Crippen molar-refractivity contribution in [1.29, 1.82) is 0 Å². The summed E-state index contributed by atoms with van der Waals surface area (Å²) in [6.45, 7) is 0.568. The predicted molar refractivity (Wildman–Crippen MR) is 50.6 cm³/mol. The fourth-order valence-corrected chi connectivity index (χ4v) is 1.61. The highest BCUT2D eigenvalue weighted by Gasteiger charge is 2.11. The molecule has 0 unspecified atom stereocenters. The minimum atomic E-state index is -0.113. The van der Waals surface area contributed by atoms with Crippen LogP contribution in [-0.4, -0.2) is 19.5 Å². The molecule has 0 amide bonds. The Labute approximate surface area is 78.8 Å². The normalized spacial score (nSPS) is 13.4. The van der Waals surface area contributed by atoms with Gasteiger partial charge in [0.25, 0.3) is 5.56 Å². The topological polar surface area (TPSA) is 60.7 Å². The second kappa shape index (κ2) is 2.47. The van der Waals surface area contributed by atoms with Gasteiger partial charge in [-0.3, -0.25) is 9.36 Å². The van der Waals surface area contributed by atoms with Gasteiger partial charge in [-0.05, 0) is 6.08 Å². The minimum Gasteiger partial charge on any atom is -0.298 e. The van der Waals surface area contributed by atoms with Gasteiger partial charge in [0.2, 0.25) is 0 Å². The molecule has 0 aromatic carbocycles. The Morgan fingerprint density at radius 2 is 2.21 bits per heavy atom. The van der Waals surface area contributed by atoms with Gasteiger partial charge in [0.1, 0.15) is 11.8 Å². The molecule has 0 spiro atoms. The molecule has 0 bridgehead atoms. The molecule has 0 radical (unpaired) electrons. The summed E-state index contributed by atoms with van der Waals surface area (Å²) in [6.07, 6.45) is 6.52. The van der Waals surface area contributed by atoms with Gasteiger partial charge in [-0.25, -0.2) is 15.0 Å². The van der Waals surface area contributed by atoms with Crippen molar-refractivity contribution in [3.8, 4) is 0 Å². The lowest BCUT2D eigenvalue weighted by atomic mass is 10.2. The molecule has 0 N–H and O–H groups in total. The Hall–Kier alpha value is -2.04. The van der Waals surface area contributed by atoms with E-state index in [0.29, 0.717) is 12.2 Å². The molecule has 5 heteroatoms. The van der Waals surface area contributed by atoms with Crippen LogP contribution >= 0.6 is 0 Å². The Bertz CT molecular complexity index is 599. The summed E-state index contributed by atoms with van der Waals surface area (Å²) >= 11 is 0. The average molecular weight is 186 g/mol. The number of hydrogen-bond donors (Lipinski definition) is 0. The van der Waals surface area contributed by atoms with Crippen molar-refractivity contribution in [1.82, 2.24) is 19.5 Å². The van der Waals surface area contributed by atoms with E-state index in [1.165, 1.54) is 12.5 Å². The summed E-state index contributed by atoms with van der Waals surface area (Å²) in [6, 6.07) is 0. The summed E-state index contributed by atoms with van der Waals surface area (Å²) < 4.78 is 1.62. The molecule has 0 aliphatic carbocycles. The van der Waals surface area contributed by atoms with Crippen LogP contribution in [0.5, 0.6) is 0 Å². The Kier molecular flexibility index (Phi) is 1.30. The van der Waals surface area contributed by atoms with E-state index in [2.05, 4.69) is 15.0 Å². The molecule has 3 rings (SSSR count). The number of aromatic nitrogens is 4. The molecule has 3 heterocycles. The summed E-state index contributed by atoms with van der Waals surface area (Å²) in [7, 11) is 0. The fourth-order valence-electron chi connectivity index (χ4n) is 1.61. The van der Waals surface area contributed by atoms with Crippen LogP contribution in [0.3, 0.4) is 0 Å². The summed E-state index contributed by atoms with van der Waals surface area (Å²) in [5, 5.41) is 0. The molecule has 0 saturated carbocycles. The standard InChI is InChI=1S/C9H6N4O/c14-7-4-10-9-8-6(11-5-12-9)2-1-3-13(7)8/h1-2,4-5H,3H2. The summed E-state index contributed by atoms with van der Waals surface area (Å²) in [5.41, 5.74) is 1.94. The number of nitrogens with zero attached hydrogens (tertiary/aromatic N) is 4. The van der Waals surface area contributed by atoms with E-state index in [9.17, 15) is 4.79 Å². The molecule has 68 valence electrons. The van der Waals surface area contributed by atoms with E-state index < -0.39 is 0 Å². The predicted octanol–water partition coefficient (Wildman–Crippen LogP) is 0.213. The molecule has 2 aromatic rings. The third-order valence-electron chi connectivity index (χ3n) is 2.23. The highest BCUT2D eigenvalue weighted by Crippen LogP contribution is 2.15. The maximum atomic E-state index is 11.5. The zero-order chi connectivity index (χ0) is 9.54. The minimum absolute atomic E-state index is 0.113. The van der Waals surface area contributed by atoms with Crippen molar-refractivity contribution in [3.63, 3.8) is 0 Å². The largest absolute Gasteiger partial charge is 0.298 e. The van der Waals surface area contributed by atoms with E-state index in [0.717, 1.165) is 11.2 Å². The maximum Gasteiger partial charge on any atom is 0.269 e. The number of allylic oxidation sites excluding steroid dienone is 1. The van der Waals surface area contributed by atoms with Crippen LogP contribution < -0.4 is 5.56 Å². The van der Waals surface area contributed by atoms with Crippen molar-refractivity contribution < 1.29 is 0 Å². The zero-order valence-electron chi connectivity index (χ0n) is 7.21. The van der Waals surface area contributed by atoms with Crippen LogP contribution in [0.2, 0.25) is 0 Å². The first-order valence-electron chi connectivity index (χ1n) is 4.23. The molecular weight excluding hydrogens is 180 g/mol. The van der Waals surface area contributed by atoms with Crippen molar-refractivity contribution in [2.24, 2.45) is 0 Å². The first-order chi connectivity index (χ1) is 6.86. The smallest absolute Gasteiger partial charge is 0.269 e.